The number of carbonyl (C=O) groups is 1. The van der Waals surface area contributed by atoms with Crippen LogP contribution < -0.4 is 9.80 Å². The highest BCUT2D eigenvalue weighted by atomic mass is 16.4. The lowest BCUT2D eigenvalue weighted by Crippen LogP contribution is -2.26. The first-order chi connectivity index (χ1) is 6.54. The third-order valence-corrected chi connectivity index (χ3v) is 2.01. The average Bonchev–Trinajstić information content (AvgIpc) is 2.16. The van der Waals surface area contributed by atoms with Crippen molar-refractivity contribution >= 4 is 17.5 Å². The van der Waals surface area contributed by atoms with Gasteiger partial charge in [-0.15, -0.1) is 0 Å². The van der Waals surface area contributed by atoms with Crippen molar-refractivity contribution in [1.82, 2.24) is 0 Å². The van der Waals surface area contributed by atoms with Gasteiger partial charge in [-0.25, -0.2) is 4.79 Å². The zero-order valence-corrected chi connectivity index (χ0v) is 8.56. The van der Waals surface area contributed by atoms with Crippen LogP contribution in [0.15, 0.2) is 24.3 Å². The molecule has 14 heavy (non-hydrogen) atoms. The van der Waals surface area contributed by atoms with E-state index in [1.807, 2.05) is 37.2 Å². The van der Waals surface area contributed by atoms with Crippen LogP contribution in [0.25, 0.3) is 0 Å². The van der Waals surface area contributed by atoms with Gasteiger partial charge < -0.3 is 10.0 Å². The maximum atomic E-state index is 10.8. The Morgan fingerprint density at radius 1 is 1.14 bits per heavy atom. The second kappa shape index (κ2) is 4.00. The van der Waals surface area contributed by atoms with Crippen molar-refractivity contribution in [3.8, 4) is 0 Å². The monoisotopic (exact) mass is 194 g/mol. The van der Waals surface area contributed by atoms with Gasteiger partial charge >= 0.3 is 6.09 Å². The summed E-state index contributed by atoms with van der Waals surface area (Å²) in [5.41, 5.74) is 1.57. The van der Waals surface area contributed by atoms with Gasteiger partial charge in [-0.1, -0.05) is 12.1 Å². The van der Waals surface area contributed by atoms with Crippen LogP contribution in [0.1, 0.15) is 0 Å². The molecule has 0 radical (unpaired) electrons. The molecule has 1 aromatic carbocycles. The van der Waals surface area contributed by atoms with Crippen LogP contribution in [0.3, 0.4) is 0 Å². The van der Waals surface area contributed by atoms with E-state index < -0.39 is 6.09 Å². The van der Waals surface area contributed by atoms with Crippen LogP contribution in [0.5, 0.6) is 0 Å². The molecule has 0 aliphatic rings. The van der Waals surface area contributed by atoms with Crippen LogP contribution in [0.2, 0.25) is 0 Å². The van der Waals surface area contributed by atoms with E-state index in [9.17, 15) is 4.79 Å². The Labute approximate surface area is 83.4 Å². The number of carboxylic acid groups (broad SMARTS) is 1. The molecule has 76 valence electrons. The normalized spacial score (nSPS) is 9.64. The summed E-state index contributed by atoms with van der Waals surface area (Å²) in [6, 6.07) is 7.37. The summed E-state index contributed by atoms with van der Waals surface area (Å²) in [6.45, 7) is 0. The first-order valence-corrected chi connectivity index (χ1v) is 4.27. The predicted molar refractivity (Wildman–Crippen MR) is 57.2 cm³/mol. The van der Waals surface area contributed by atoms with Gasteiger partial charge in [-0.05, 0) is 12.1 Å². The molecule has 0 fully saturated rings. The van der Waals surface area contributed by atoms with Crippen molar-refractivity contribution in [1.29, 1.82) is 0 Å². The van der Waals surface area contributed by atoms with Gasteiger partial charge in [0.25, 0.3) is 0 Å². The number of nitrogens with zero attached hydrogens (tertiary/aromatic N) is 2. The van der Waals surface area contributed by atoms with E-state index in [1.54, 1.807) is 6.07 Å². The molecule has 1 rings (SSSR count). The van der Waals surface area contributed by atoms with Crippen LogP contribution >= 0.6 is 0 Å². The minimum atomic E-state index is -0.959. The largest absolute Gasteiger partial charge is 0.465 e. The second-order valence-electron chi connectivity index (χ2n) is 3.22. The van der Waals surface area contributed by atoms with Crippen LogP contribution in [0, 0.1) is 0 Å². The van der Waals surface area contributed by atoms with E-state index in [-0.39, 0.29) is 0 Å². The first-order valence-electron chi connectivity index (χ1n) is 4.27. The minimum Gasteiger partial charge on any atom is -0.465 e. The summed E-state index contributed by atoms with van der Waals surface area (Å²) < 4.78 is 0. The van der Waals surface area contributed by atoms with Crippen molar-refractivity contribution in [2.24, 2.45) is 0 Å². The van der Waals surface area contributed by atoms with E-state index >= 15 is 0 Å². The molecule has 1 aromatic rings. The minimum absolute atomic E-state index is 0.685. The molecule has 1 N–H and O–H groups in total. The van der Waals surface area contributed by atoms with Crippen molar-refractivity contribution < 1.29 is 9.90 Å². The van der Waals surface area contributed by atoms with Gasteiger partial charge in [-0.3, -0.25) is 4.90 Å². The third kappa shape index (κ3) is 1.96. The summed E-state index contributed by atoms with van der Waals surface area (Å²) in [6.07, 6.45) is -0.959. The maximum absolute atomic E-state index is 10.8. The Bertz CT molecular complexity index is 337. The lowest BCUT2D eigenvalue weighted by atomic mass is 10.2. The summed E-state index contributed by atoms with van der Waals surface area (Å²) in [5, 5.41) is 8.85. The highest BCUT2D eigenvalue weighted by Gasteiger charge is 2.12. The number of para-hydroxylation sites is 2. The molecule has 4 heteroatoms. The summed E-state index contributed by atoms with van der Waals surface area (Å²) in [7, 11) is 5.30. The topological polar surface area (TPSA) is 43.8 Å². The maximum Gasteiger partial charge on any atom is 0.411 e. The SMILES string of the molecule is CN(C)c1ccccc1N(C)C(=O)O. The molecule has 0 heterocycles. The summed E-state index contributed by atoms with van der Waals surface area (Å²) in [4.78, 5) is 13.9. The van der Waals surface area contributed by atoms with Gasteiger partial charge in [0.2, 0.25) is 0 Å². The smallest absolute Gasteiger partial charge is 0.411 e. The fourth-order valence-electron chi connectivity index (χ4n) is 1.23. The van der Waals surface area contributed by atoms with Crippen LogP contribution in [0.4, 0.5) is 16.2 Å². The molecule has 0 spiro atoms. The number of anilines is 2. The average molecular weight is 194 g/mol. The Hall–Kier alpha value is -1.71. The molecule has 1 amide bonds. The molecule has 0 aliphatic heterocycles. The molecular weight excluding hydrogens is 180 g/mol. The van der Waals surface area contributed by atoms with Gasteiger partial charge in [-0.2, -0.15) is 0 Å². The number of hydrogen-bond acceptors (Lipinski definition) is 2. The molecule has 0 bridgehead atoms. The van der Waals surface area contributed by atoms with Crippen LogP contribution in [-0.4, -0.2) is 32.3 Å². The molecule has 0 aliphatic carbocycles. The van der Waals surface area contributed by atoms with Gasteiger partial charge in [0.05, 0.1) is 11.4 Å². The molecule has 0 saturated carbocycles. The van der Waals surface area contributed by atoms with Crippen LogP contribution in [-0.2, 0) is 0 Å². The second-order valence-corrected chi connectivity index (χ2v) is 3.22. The molecule has 0 unspecified atom stereocenters. The van der Waals surface area contributed by atoms with Crippen molar-refractivity contribution in [3.05, 3.63) is 24.3 Å². The number of amides is 1. The van der Waals surface area contributed by atoms with E-state index in [2.05, 4.69) is 0 Å². The number of rotatable bonds is 2. The fraction of sp³-hybridized carbons (Fsp3) is 0.300. The first kappa shape index (κ1) is 10.4. The number of benzene rings is 1. The highest BCUT2D eigenvalue weighted by molar-refractivity contribution is 5.90. The van der Waals surface area contributed by atoms with E-state index in [1.165, 1.54) is 11.9 Å². The number of hydrogen-bond donors (Lipinski definition) is 1. The van der Waals surface area contributed by atoms with E-state index in [4.69, 9.17) is 5.11 Å². The summed E-state index contributed by atoms with van der Waals surface area (Å²) >= 11 is 0. The van der Waals surface area contributed by atoms with Gasteiger partial charge in [0, 0.05) is 21.1 Å². The molecule has 0 saturated heterocycles. The lowest BCUT2D eigenvalue weighted by molar-refractivity contribution is 0.203. The van der Waals surface area contributed by atoms with Crippen molar-refractivity contribution in [3.63, 3.8) is 0 Å². The standard InChI is InChI=1S/C10H14N2O2/c1-11(2)8-6-4-5-7-9(8)12(3)10(13)14/h4-7H,1-3H3,(H,13,14). The van der Waals surface area contributed by atoms with Gasteiger partial charge in [0.1, 0.15) is 0 Å². The van der Waals surface area contributed by atoms with Crippen molar-refractivity contribution in [2.75, 3.05) is 30.9 Å². The predicted octanol–water partition coefficient (Wildman–Crippen LogP) is 1.87. The molecule has 0 atom stereocenters. The lowest BCUT2D eigenvalue weighted by Gasteiger charge is -2.21. The fourth-order valence-corrected chi connectivity index (χ4v) is 1.23. The molecular formula is C10H14N2O2. The molecule has 0 aromatic heterocycles. The summed E-state index contributed by atoms with van der Waals surface area (Å²) in [5.74, 6) is 0. The van der Waals surface area contributed by atoms with E-state index in [0.29, 0.717) is 5.69 Å². The Balaban J connectivity index is 3.13. The Kier molecular flexibility index (Phi) is 2.96. The quantitative estimate of drug-likeness (QED) is 0.781. The Morgan fingerprint density at radius 3 is 2.07 bits per heavy atom. The van der Waals surface area contributed by atoms with Crippen molar-refractivity contribution in [2.45, 2.75) is 0 Å². The zero-order chi connectivity index (χ0) is 10.7. The zero-order valence-electron chi connectivity index (χ0n) is 8.56. The Morgan fingerprint density at radius 2 is 1.64 bits per heavy atom. The third-order valence-electron chi connectivity index (χ3n) is 2.01. The molecule has 4 nitrogen and oxygen atoms in total. The highest BCUT2D eigenvalue weighted by Crippen LogP contribution is 2.26. The van der Waals surface area contributed by atoms with Gasteiger partial charge in [0.15, 0.2) is 0 Å². The van der Waals surface area contributed by atoms with E-state index in [0.717, 1.165) is 5.69 Å².